The molecule has 3 rings (SSSR count). The number of hydrogen-bond acceptors (Lipinski definition) is 3. The summed E-state index contributed by atoms with van der Waals surface area (Å²) in [6, 6.07) is 17.6. The standard InChI is InChI=1S/C22H21N3O2S/c1-16-8-10-19(11-9-16)15-25-12-13-28-22(25)24-21(27)20(23-17(2)26)14-18-6-4-3-5-7-18/h3-14H,15H2,1-2H3,(H,23,26). The first-order valence-corrected chi connectivity index (χ1v) is 9.72. The van der Waals surface area contributed by atoms with E-state index in [0.717, 1.165) is 11.1 Å². The monoisotopic (exact) mass is 391 g/mol. The van der Waals surface area contributed by atoms with Crippen LogP contribution in [-0.2, 0) is 16.1 Å². The second-order valence-electron chi connectivity index (χ2n) is 6.37. The fourth-order valence-corrected chi connectivity index (χ4v) is 3.33. The van der Waals surface area contributed by atoms with Crippen molar-refractivity contribution < 1.29 is 9.59 Å². The molecule has 5 nitrogen and oxygen atoms in total. The zero-order valence-corrected chi connectivity index (χ0v) is 16.6. The van der Waals surface area contributed by atoms with Crippen LogP contribution in [0.25, 0.3) is 6.08 Å². The Balaban J connectivity index is 1.89. The molecule has 2 aromatic carbocycles. The van der Waals surface area contributed by atoms with Crippen LogP contribution in [-0.4, -0.2) is 16.4 Å². The number of thiazole rings is 1. The van der Waals surface area contributed by atoms with Crippen molar-refractivity contribution >= 4 is 29.2 Å². The molecule has 0 saturated heterocycles. The van der Waals surface area contributed by atoms with Crippen LogP contribution < -0.4 is 10.1 Å². The largest absolute Gasteiger partial charge is 0.322 e. The molecule has 1 N–H and O–H groups in total. The number of nitrogens with one attached hydrogen (secondary N) is 1. The summed E-state index contributed by atoms with van der Waals surface area (Å²) in [7, 11) is 0. The summed E-state index contributed by atoms with van der Waals surface area (Å²) in [4.78, 5) is 29.1. The average molecular weight is 391 g/mol. The van der Waals surface area contributed by atoms with E-state index in [2.05, 4.69) is 34.6 Å². The van der Waals surface area contributed by atoms with Gasteiger partial charge in [0, 0.05) is 25.0 Å². The molecule has 0 spiro atoms. The molecule has 0 fully saturated rings. The molecule has 3 aromatic rings. The molecule has 0 aliphatic carbocycles. The molecule has 28 heavy (non-hydrogen) atoms. The zero-order chi connectivity index (χ0) is 19.9. The van der Waals surface area contributed by atoms with Gasteiger partial charge in [0.2, 0.25) is 5.91 Å². The number of carbonyl (C=O) groups excluding carboxylic acids is 2. The number of benzene rings is 2. The summed E-state index contributed by atoms with van der Waals surface area (Å²) in [5.41, 5.74) is 3.28. The summed E-state index contributed by atoms with van der Waals surface area (Å²) >= 11 is 1.38. The first kappa shape index (κ1) is 19.5. The summed E-state index contributed by atoms with van der Waals surface area (Å²) < 4.78 is 1.92. The Bertz CT molecular complexity index is 1060. The molecule has 2 amide bonds. The fourth-order valence-electron chi connectivity index (χ4n) is 2.60. The summed E-state index contributed by atoms with van der Waals surface area (Å²) in [6.45, 7) is 4.03. The summed E-state index contributed by atoms with van der Waals surface area (Å²) in [5, 5.41) is 4.48. The lowest BCUT2D eigenvalue weighted by Crippen LogP contribution is -2.26. The molecule has 0 aliphatic rings. The summed E-state index contributed by atoms with van der Waals surface area (Å²) in [5.74, 6) is -0.802. The van der Waals surface area contributed by atoms with Crippen LogP contribution in [0.15, 0.2) is 76.9 Å². The zero-order valence-electron chi connectivity index (χ0n) is 15.8. The van der Waals surface area contributed by atoms with Crippen molar-refractivity contribution in [3.8, 4) is 0 Å². The van der Waals surface area contributed by atoms with Crippen LogP contribution in [0, 0.1) is 6.92 Å². The Hall–Kier alpha value is -3.25. The number of amides is 2. The van der Waals surface area contributed by atoms with Gasteiger partial charge in [-0.15, -0.1) is 11.3 Å². The minimum Gasteiger partial charge on any atom is -0.322 e. The van der Waals surface area contributed by atoms with Crippen LogP contribution in [0.1, 0.15) is 23.6 Å². The number of aryl methyl sites for hydroxylation is 1. The highest BCUT2D eigenvalue weighted by atomic mass is 32.1. The van der Waals surface area contributed by atoms with E-state index in [9.17, 15) is 9.59 Å². The predicted molar refractivity (Wildman–Crippen MR) is 111 cm³/mol. The Morgan fingerprint density at radius 1 is 1.11 bits per heavy atom. The Kier molecular flexibility index (Phi) is 6.34. The summed E-state index contributed by atoms with van der Waals surface area (Å²) in [6.07, 6.45) is 3.53. The Morgan fingerprint density at radius 2 is 1.82 bits per heavy atom. The van der Waals surface area contributed by atoms with Gasteiger partial charge in [-0.2, -0.15) is 4.99 Å². The van der Waals surface area contributed by atoms with Gasteiger partial charge in [-0.3, -0.25) is 9.59 Å². The maximum Gasteiger partial charge on any atom is 0.296 e. The second-order valence-corrected chi connectivity index (χ2v) is 7.24. The number of hydrogen-bond donors (Lipinski definition) is 1. The molecule has 0 aliphatic heterocycles. The highest BCUT2D eigenvalue weighted by molar-refractivity contribution is 7.07. The highest BCUT2D eigenvalue weighted by Crippen LogP contribution is 2.08. The van der Waals surface area contributed by atoms with Crippen LogP contribution in [0.4, 0.5) is 0 Å². The van der Waals surface area contributed by atoms with Crippen LogP contribution in [0.3, 0.4) is 0 Å². The fraction of sp³-hybridized carbons (Fsp3) is 0.136. The molecule has 0 atom stereocenters. The van der Waals surface area contributed by atoms with Crippen LogP contribution in [0.5, 0.6) is 0 Å². The van der Waals surface area contributed by atoms with Gasteiger partial charge in [0.15, 0.2) is 4.80 Å². The third-order valence-corrected chi connectivity index (χ3v) is 4.78. The average Bonchev–Trinajstić information content (AvgIpc) is 3.10. The van der Waals surface area contributed by atoms with Crippen molar-refractivity contribution in [1.29, 1.82) is 0 Å². The molecule has 0 unspecified atom stereocenters. The van der Waals surface area contributed by atoms with Crippen molar-refractivity contribution in [2.75, 3.05) is 0 Å². The Morgan fingerprint density at radius 3 is 2.50 bits per heavy atom. The van der Waals surface area contributed by atoms with Crippen molar-refractivity contribution in [1.82, 2.24) is 9.88 Å². The van der Waals surface area contributed by atoms with Gasteiger partial charge in [-0.25, -0.2) is 0 Å². The third-order valence-electron chi connectivity index (χ3n) is 3.98. The predicted octanol–water partition coefficient (Wildman–Crippen LogP) is 3.51. The normalized spacial score (nSPS) is 12.1. The van der Waals surface area contributed by atoms with Gasteiger partial charge in [0.05, 0.1) is 0 Å². The minimum atomic E-state index is -0.487. The van der Waals surface area contributed by atoms with Crippen molar-refractivity contribution in [2.45, 2.75) is 20.4 Å². The smallest absolute Gasteiger partial charge is 0.296 e. The molecular formula is C22H21N3O2S. The van der Waals surface area contributed by atoms with Gasteiger partial charge in [-0.05, 0) is 24.1 Å². The number of nitrogens with zero attached hydrogens (tertiary/aromatic N) is 2. The van der Waals surface area contributed by atoms with E-state index in [4.69, 9.17) is 0 Å². The van der Waals surface area contributed by atoms with E-state index in [1.54, 1.807) is 6.08 Å². The molecule has 6 heteroatoms. The van der Waals surface area contributed by atoms with Gasteiger partial charge in [-0.1, -0.05) is 60.2 Å². The molecule has 0 saturated carbocycles. The Labute approximate surface area is 167 Å². The first-order chi connectivity index (χ1) is 13.5. The molecule has 142 valence electrons. The topological polar surface area (TPSA) is 63.5 Å². The lowest BCUT2D eigenvalue weighted by molar-refractivity contribution is -0.121. The third kappa shape index (κ3) is 5.37. The minimum absolute atomic E-state index is 0.147. The lowest BCUT2D eigenvalue weighted by atomic mass is 10.1. The van der Waals surface area contributed by atoms with E-state index >= 15 is 0 Å². The van der Waals surface area contributed by atoms with Crippen molar-refractivity contribution in [2.24, 2.45) is 4.99 Å². The number of rotatable bonds is 5. The quantitative estimate of drug-likeness (QED) is 0.677. The van der Waals surface area contributed by atoms with E-state index in [1.807, 2.05) is 53.4 Å². The van der Waals surface area contributed by atoms with E-state index in [0.29, 0.717) is 11.3 Å². The first-order valence-electron chi connectivity index (χ1n) is 8.84. The van der Waals surface area contributed by atoms with Crippen LogP contribution in [0.2, 0.25) is 0 Å². The molecule has 0 bridgehead atoms. The van der Waals surface area contributed by atoms with Crippen molar-refractivity contribution in [3.63, 3.8) is 0 Å². The van der Waals surface area contributed by atoms with Gasteiger partial charge >= 0.3 is 0 Å². The van der Waals surface area contributed by atoms with Gasteiger partial charge < -0.3 is 9.88 Å². The van der Waals surface area contributed by atoms with E-state index in [1.165, 1.54) is 23.8 Å². The van der Waals surface area contributed by atoms with E-state index < -0.39 is 5.91 Å². The number of aromatic nitrogens is 1. The maximum atomic E-state index is 12.7. The SMILES string of the molecule is CC(=O)NC(=Cc1ccccc1)C(=O)N=c1sccn1Cc1ccc(C)cc1. The molecule has 0 radical (unpaired) electrons. The van der Waals surface area contributed by atoms with Crippen molar-refractivity contribution in [3.05, 3.63) is 93.4 Å². The second kappa shape index (κ2) is 9.10. The lowest BCUT2D eigenvalue weighted by Gasteiger charge is -2.06. The van der Waals surface area contributed by atoms with Gasteiger partial charge in [0.1, 0.15) is 5.70 Å². The number of carbonyl (C=O) groups is 2. The van der Waals surface area contributed by atoms with Gasteiger partial charge in [0.25, 0.3) is 5.91 Å². The maximum absolute atomic E-state index is 12.7. The van der Waals surface area contributed by atoms with Crippen LogP contribution >= 0.6 is 11.3 Å². The molecule has 1 heterocycles. The highest BCUT2D eigenvalue weighted by Gasteiger charge is 2.11. The van der Waals surface area contributed by atoms with E-state index in [-0.39, 0.29) is 11.6 Å². The molecule has 1 aromatic heterocycles. The molecular weight excluding hydrogens is 370 g/mol.